The van der Waals surface area contributed by atoms with E-state index in [0.29, 0.717) is 17.1 Å². The summed E-state index contributed by atoms with van der Waals surface area (Å²) in [5, 5.41) is 10.8. The molecule has 0 aromatic carbocycles. The lowest BCUT2D eigenvalue weighted by molar-refractivity contribution is 0.0958. The topological polar surface area (TPSA) is 107 Å². The van der Waals surface area contributed by atoms with Crippen molar-refractivity contribution in [3.8, 4) is 22.4 Å². The van der Waals surface area contributed by atoms with Crippen LogP contribution in [0.5, 0.6) is 0 Å². The summed E-state index contributed by atoms with van der Waals surface area (Å²) in [6, 6.07) is 7.24. The minimum absolute atomic E-state index is 0.241. The Hall–Kier alpha value is -3.35. The molecule has 0 saturated carbocycles. The van der Waals surface area contributed by atoms with Gasteiger partial charge < -0.3 is 11.1 Å². The zero-order valence-electron chi connectivity index (χ0n) is 13.3. The third-order valence-electron chi connectivity index (χ3n) is 3.59. The van der Waals surface area contributed by atoms with E-state index in [1.165, 1.54) is 0 Å². The maximum Gasteiger partial charge on any atom is 0.269 e. The Kier molecular flexibility index (Phi) is 4.15. The fourth-order valence-electron chi connectivity index (χ4n) is 2.33. The van der Waals surface area contributed by atoms with Gasteiger partial charge in [0, 0.05) is 30.1 Å². The van der Waals surface area contributed by atoms with Crippen molar-refractivity contribution in [2.45, 2.75) is 6.92 Å². The van der Waals surface area contributed by atoms with Crippen LogP contribution in [0.25, 0.3) is 22.4 Å². The fourth-order valence-corrected chi connectivity index (χ4v) is 2.33. The highest BCUT2D eigenvalue weighted by Crippen LogP contribution is 2.26. The molecule has 0 atom stereocenters. The normalized spacial score (nSPS) is 10.4. The highest BCUT2D eigenvalue weighted by molar-refractivity contribution is 5.93. The van der Waals surface area contributed by atoms with Gasteiger partial charge in [-0.05, 0) is 36.8 Å². The van der Waals surface area contributed by atoms with Gasteiger partial charge in [-0.3, -0.25) is 14.8 Å². The van der Waals surface area contributed by atoms with E-state index in [2.05, 4.69) is 25.5 Å². The fraction of sp³-hybridized carbons (Fsp3) is 0.118. The summed E-state index contributed by atoms with van der Waals surface area (Å²) in [7, 11) is 1.57. The Bertz CT molecular complexity index is 909. The van der Waals surface area contributed by atoms with Crippen molar-refractivity contribution in [3.05, 3.63) is 54.2 Å². The van der Waals surface area contributed by atoms with Gasteiger partial charge in [-0.25, -0.2) is 0 Å². The predicted octanol–water partition coefficient (Wildman–Crippen LogP) is 1.85. The van der Waals surface area contributed by atoms with Gasteiger partial charge in [-0.15, -0.1) is 0 Å². The number of amides is 1. The molecule has 1 amide bonds. The smallest absolute Gasteiger partial charge is 0.269 e. The van der Waals surface area contributed by atoms with Crippen LogP contribution in [-0.2, 0) is 0 Å². The van der Waals surface area contributed by atoms with E-state index in [1.807, 2.05) is 25.1 Å². The summed E-state index contributed by atoms with van der Waals surface area (Å²) in [6.07, 6.45) is 4.84. The molecule has 3 heterocycles. The number of aromatic nitrogens is 4. The lowest BCUT2D eigenvalue weighted by atomic mass is 10.0. The number of hydrogen-bond acceptors (Lipinski definition) is 6. The van der Waals surface area contributed by atoms with Crippen LogP contribution in [0, 0.1) is 6.92 Å². The third kappa shape index (κ3) is 3.05. The Morgan fingerprint density at radius 2 is 1.96 bits per heavy atom. The number of nitrogens with one attached hydrogen (secondary N) is 1. The molecule has 0 unspecified atom stereocenters. The van der Waals surface area contributed by atoms with Crippen LogP contribution in [0.4, 0.5) is 5.69 Å². The average molecular weight is 320 g/mol. The van der Waals surface area contributed by atoms with Crippen molar-refractivity contribution >= 4 is 11.6 Å². The lowest BCUT2D eigenvalue weighted by Gasteiger charge is -2.08. The van der Waals surface area contributed by atoms with Crippen LogP contribution in [0.15, 0.2) is 42.9 Å². The molecule has 120 valence electrons. The summed E-state index contributed by atoms with van der Waals surface area (Å²) >= 11 is 0. The molecule has 3 N–H and O–H groups in total. The molecule has 0 saturated heterocycles. The van der Waals surface area contributed by atoms with Crippen molar-refractivity contribution in [1.29, 1.82) is 0 Å². The first-order valence-corrected chi connectivity index (χ1v) is 7.32. The Morgan fingerprint density at radius 1 is 1.12 bits per heavy atom. The van der Waals surface area contributed by atoms with Crippen LogP contribution in [-0.4, -0.2) is 33.1 Å². The molecule has 3 aromatic heterocycles. The Balaban J connectivity index is 2.05. The van der Waals surface area contributed by atoms with Crippen molar-refractivity contribution in [2.24, 2.45) is 0 Å². The zero-order valence-corrected chi connectivity index (χ0v) is 13.3. The number of carbonyl (C=O) groups is 1. The molecule has 7 heteroatoms. The largest absolute Gasteiger partial charge is 0.397 e. The summed E-state index contributed by atoms with van der Waals surface area (Å²) in [5.74, 6) is -0.241. The SMILES string of the molecule is CNC(=O)c1cc(-c2cnnc(-c3cc(N)cnc3C)c2)ccn1. The van der Waals surface area contributed by atoms with Crippen LogP contribution in [0.3, 0.4) is 0 Å². The van der Waals surface area contributed by atoms with Gasteiger partial charge in [0.15, 0.2) is 0 Å². The number of hydrogen-bond donors (Lipinski definition) is 2. The Morgan fingerprint density at radius 3 is 2.75 bits per heavy atom. The van der Waals surface area contributed by atoms with E-state index in [0.717, 1.165) is 22.4 Å². The second kappa shape index (κ2) is 6.41. The highest BCUT2D eigenvalue weighted by Gasteiger charge is 2.10. The number of anilines is 1. The molecule has 0 aliphatic carbocycles. The number of nitrogens with zero attached hydrogens (tertiary/aromatic N) is 4. The zero-order chi connectivity index (χ0) is 17.1. The number of nitrogen functional groups attached to an aromatic ring is 1. The summed E-state index contributed by atoms with van der Waals surface area (Å²) in [5.41, 5.74) is 10.7. The second-order valence-electron chi connectivity index (χ2n) is 5.24. The molecule has 3 rings (SSSR count). The first-order valence-electron chi connectivity index (χ1n) is 7.32. The molecule has 3 aromatic rings. The number of carbonyl (C=O) groups excluding carboxylic acids is 1. The average Bonchev–Trinajstić information content (AvgIpc) is 2.63. The van der Waals surface area contributed by atoms with E-state index in [9.17, 15) is 4.79 Å². The van der Waals surface area contributed by atoms with E-state index >= 15 is 0 Å². The third-order valence-corrected chi connectivity index (χ3v) is 3.59. The van der Waals surface area contributed by atoms with Gasteiger partial charge in [0.1, 0.15) is 5.69 Å². The molecule has 24 heavy (non-hydrogen) atoms. The number of nitrogens with two attached hydrogens (primary N) is 1. The maximum atomic E-state index is 11.7. The first kappa shape index (κ1) is 15.5. The molecule has 0 aliphatic rings. The van der Waals surface area contributed by atoms with Crippen molar-refractivity contribution in [1.82, 2.24) is 25.5 Å². The lowest BCUT2D eigenvalue weighted by Crippen LogP contribution is -2.19. The second-order valence-corrected chi connectivity index (χ2v) is 5.24. The summed E-state index contributed by atoms with van der Waals surface area (Å²) < 4.78 is 0. The number of pyridine rings is 2. The molecule has 0 radical (unpaired) electrons. The summed E-state index contributed by atoms with van der Waals surface area (Å²) in [6.45, 7) is 1.89. The molecule has 0 aliphatic heterocycles. The molecule has 0 fully saturated rings. The highest BCUT2D eigenvalue weighted by atomic mass is 16.1. The quantitative estimate of drug-likeness (QED) is 0.762. The van der Waals surface area contributed by atoms with E-state index in [-0.39, 0.29) is 5.91 Å². The van der Waals surface area contributed by atoms with Gasteiger partial charge in [-0.2, -0.15) is 10.2 Å². The minimum Gasteiger partial charge on any atom is -0.397 e. The maximum absolute atomic E-state index is 11.7. The number of rotatable bonds is 3. The molecular formula is C17H16N6O. The minimum atomic E-state index is -0.241. The molecule has 0 spiro atoms. The molecule has 7 nitrogen and oxygen atoms in total. The van der Waals surface area contributed by atoms with Crippen LogP contribution in [0.1, 0.15) is 16.2 Å². The van der Waals surface area contributed by atoms with Crippen molar-refractivity contribution in [2.75, 3.05) is 12.8 Å². The summed E-state index contributed by atoms with van der Waals surface area (Å²) in [4.78, 5) is 20.1. The van der Waals surface area contributed by atoms with Crippen LogP contribution >= 0.6 is 0 Å². The first-order chi connectivity index (χ1) is 11.6. The van der Waals surface area contributed by atoms with Crippen molar-refractivity contribution < 1.29 is 4.79 Å². The Labute approximate surface area is 139 Å². The molecular weight excluding hydrogens is 304 g/mol. The predicted molar refractivity (Wildman–Crippen MR) is 91.0 cm³/mol. The van der Waals surface area contributed by atoms with Gasteiger partial charge in [-0.1, -0.05) is 0 Å². The van der Waals surface area contributed by atoms with E-state index in [1.54, 1.807) is 31.7 Å². The van der Waals surface area contributed by atoms with Gasteiger partial charge >= 0.3 is 0 Å². The van der Waals surface area contributed by atoms with E-state index < -0.39 is 0 Å². The standard InChI is InChI=1S/C17H16N6O/c1-10-14(7-13(18)9-21-10)15-6-12(8-22-23-15)11-3-4-20-16(5-11)17(24)19-2/h3-9H,18H2,1-2H3,(H,19,24). The molecule has 0 bridgehead atoms. The monoisotopic (exact) mass is 320 g/mol. The van der Waals surface area contributed by atoms with Crippen LogP contribution < -0.4 is 11.1 Å². The van der Waals surface area contributed by atoms with E-state index in [4.69, 9.17) is 5.73 Å². The van der Waals surface area contributed by atoms with Crippen molar-refractivity contribution in [3.63, 3.8) is 0 Å². The van der Waals surface area contributed by atoms with Gasteiger partial charge in [0.2, 0.25) is 0 Å². The van der Waals surface area contributed by atoms with Gasteiger partial charge in [0.05, 0.1) is 23.8 Å². The van der Waals surface area contributed by atoms with Gasteiger partial charge in [0.25, 0.3) is 5.91 Å². The number of aryl methyl sites for hydroxylation is 1. The van der Waals surface area contributed by atoms with Crippen LogP contribution in [0.2, 0.25) is 0 Å².